The Morgan fingerprint density at radius 2 is 2.31 bits per heavy atom. The number of aromatic nitrogens is 2. The molecule has 0 saturated heterocycles. The van der Waals surface area contributed by atoms with Crippen LogP contribution in [0.5, 0.6) is 0 Å². The number of anilines is 1. The number of nitrogens with zero attached hydrogens (tertiary/aromatic N) is 2. The van der Waals surface area contributed by atoms with Crippen molar-refractivity contribution < 1.29 is 5.11 Å². The molecule has 0 bridgehead atoms. The molecule has 13 heavy (non-hydrogen) atoms. The Morgan fingerprint density at radius 3 is 2.77 bits per heavy atom. The molecule has 0 spiro atoms. The van der Waals surface area contributed by atoms with E-state index in [4.69, 9.17) is 5.73 Å². The Morgan fingerprint density at radius 1 is 1.62 bits per heavy atom. The highest BCUT2D eigenvalue weighted by molar-refractivity contribution is 7.99. The van der Waals surface area contributed by atoms with E-state index < -0.39 is 0 Å². The quantitative estimate of drug-likeness (QED) is 0.794. The fourth-order valence-electron chi connectivity index (χ4n) is 0.665. The molecule has 0 fully saturated rings. The first-order valence-electron chi connectivity index (χ1n) is 3.97. The second-order valence-corrected chi connectivity index (χ2v) is 4.99. The molecule has 0 radical (unpaired) electrons. The third-order valence-electron chi connectivity index (χ3n) is 1.75. The average molecular weight is 219 g/mol. The fraction of sp³-hybridized carbons (Fsp3) is 0.714. The summed E-state index contributed by atoms with van der Waals surface area (Å²) in [6.45, 7) is 3.76. The molecule has 4 nitrogen and oxygen atoms in total. The molecule has 0 aromatic carbocycles. The van der Waals surface area contributed by atoms with Crippen molar-refractivity contribution in [2.24, 2.45) is 0 Å². The van der Waals surface area contributed by atoms with Crippen LogP contribution in [0.4, 0.5) is 5.00 Å². The molecular weight excluding hydrogens is 206 g/mol. The summed E-state index contributed by atoms with van der Waals surface area (Å²) in [4.78, 5) is 0. The van der Waals surface area contributed by atoms with Gasteiger partial charge in [-0.25, -0.2) is 0 Å². The lowest BCUT2D eigenvalue weighted by Crippen LogP contribution is -2.15. The van der Waals surface area contributed by atoms with Crippen molar-refractivity contribution in [3.8, 4) is 0 Å². The lowest BCUT2D eigenvalue weighted by molar-refractivity contribution is 0.196. The zero-order chi connectivity index (χ0) is 9.84. The maximum absolute atomic E-state index is 9.23. The van der Waals surface area contributed by atoms with E-state index in [1.54, 1.807) is 18.7 Å². The van der Waals surface area contributed by atoms with Crippen molar-refractivity contribution in [3.05, 3.63) is 5.69 Å². The largest absolute Gasteiger partial charge is 0.392 e. The van der Waals surface area contributed by atoms with E-state index in [1.165, 1.54) is 11.5 Å². The van der Waals surface area contributed by atoms with Crippen LogP contribution in [0.25, 0.3) is 0 Å². The molecule has 3 N–H and O–H groups in total. The van der Waals surface area contributed by atoms with Crippen LogP contribution in [0, 0.1) is 0 Å². The fourth-order valence-corrected chi connectivity index (χ4v) is 2.11. The Hall–Kier alpha value is -0.330. The zero-order valence-corrected chi connectivity index (χ0v) is 9.23. The van der Waals surface area contributed by atoms with Crippen molar-refractivity contribution >= 4 is 28.3 Å². The minimum absolute atomic E-state index is 0.195. The molecule has 2 unspecified atom stereocenters. The van der Waals surface area contributed by atoms with E-state index in [9.17, 15) is 5.11 Å². The Balaban J connectivity index is 2.39. The van der Waals surface area contributed by atoms with Gasteiger partial charge in [0.25, 0.3) is 0 Å². The maximum atomic E-state index is 9.23. The van der Waals surface area contributed by atoms with Gasteiger partial charge in [0.2, 0.25) is 0 Å². The number of aliphatic hydroxyl groups is 1. The lowest BCUT2D eigenvalue weighted by atomic mass is 10.3. The minimum atomic E-state index is -0.308. The van der Waals surface area contributed by atoms with Gasteiger partial charge in [0.1, 0.15) is 10.7 Å². The van der Waals surface area contributed by atoms with Crippen LogP contribution in [-0.4, -0.2) is 26.0 Å². The summed E-state index contributed by atoms with van der Waals surface area (Å²) in [7, 11) is 0. The Kier molecular flexibility index (Phi) is 3.95. The number of nitrogens with two attached hydrogens (primary N) is 1. The molecule has 74 valence electrons. The van der Waals surface area contributed by atoms with Crippen molar-refractivity contribution in [2.45, 2.75) is 31.0 Å². The van der Waals surface area contributed by atoms with E-state index in [2.05, 4.69) is 9.59 Å². The monoisotopic (exact) mass is 219 g/mol. The van der Waals surface area contributed by atoms with Crippen LogP contribution in [0.3, 0.4) is 0 Å². The highest BCUT2D eigenvalue weighted by atomic mass is 32.2. The third-order valence-corrected chi connectivity index (χ3v) is 3.70. The lowest BCUT2D eigenvalue weighted by Gasteiger charge is -2.12. The van der Waals surface area contributed by atoms with Crippen LogP contribution in [0.15, 0.2) is 0 Å². The first-order chi connectivity index (χ1) is 6.11. The van der Waals surface area contributed by atoms with E-state index in [0.29, 0.717) is 10.8 Å². The molecule has 2 atom stereocenters. The van der Waals surface area contributed by atoms with Gasteiger partial charge in [-0.2, -0.15) is 0 Å². The van der Waals surface area contributed by atoms with Crippen molar-refractivity contribution in [1.82, 2.24) is 9.59 Å². The third kappa shape index (κ3) is 3.13. The van der Waals surface area contributed by atoms with E-state index in [-0.39, 0.29) is 11.4 Å². The van der Waals surface area contributed by atoms with Crippen molar-refractivity contribution in [1.29, 1.82) is 0 Å². The second kappa shape index (κ2) is 4.78. The molecule has 1 heterocycles. The van der Waals surface area contributed by atoms with Gasteiger partial charge in [0, 0.05) is 22.5 Å². The number of nitrogen functional groups attached to an aromatic ring is 1. The van der Waals surface area contributed by atoms with E-state index in [1.807, 2.05) is 6.92 Å². The van der Waals surface area contributed by atoms with Crippen LogP contribution in [-0.2, 0) is 5.75 Å². The normalized spacial score (nSPS) is 15.6. The summed E-state index contributed by atoms with van der Waals surface area (Å²) in [5.41, 5.74) is 6.44. The minimum Gasteiger partial charge on any atom is -0.392 e. The topological polar surface area (TPSA) is 72.0 Å². The number of hydrogen-bond donors (Lipinski definition) is 2. The highest BCUT2D eigenvalue weighted by Crippen LogP contribution is 2.23. The van der Waals surface area contributed by atoms with Gasteiger partial charge in [-0.15, -0.1) is 16.9 Å². The van der Waals surface area contributed by atoms with Crippen LogP contribution in [0.1, 0.15) is 19.5 Å². The molecule has 6 heteroatoms. The van der Waals surface area contributed by atoms with Gasteiger partial charge in [-0.3, -0.25) is 0 Å². The molecule has 1 aromatic heterocycles. The number of hydrogen-bond acceptors (Lipinski definition) is 6. The molecule has 0 aliphatic rings. The first-order valence-corrected chi connectivity index (χ1v) is 5.80. The summed E-state index contributed by atoms with van der Waals surface area (Å²) >= 11 is 2.84. The smallest absolute Gasteiger partial charge is 0.131 e. The molecule has 0 amide bonds. The van der Waals surface area contributed by atoms with Crippen LogP contribution in [0.2, 0.25) is 0 Å². The molecule has 1 rings (SSSR count). The summed E-state index contributed by atoms with van der Waals surface area (Å²) in [5, 5.41) is 14.0. The summed E-state index contributed by atoms with van der Waals surface area (Å²) < 4.78 is 3.74. The zero-order valence-electron chi connectivity index (χ0n) is 7.60. The first kappa shape index (κ1) is 10.7. The van der Waals surface area contributed by atoms with E-state index in [0.717, 1.165) is 5.69 Å². The summed E-state index contributed by atoms with van der Waals surface area (Å²) in [6, 6.07) is 0. The van der Waals surface area contributed by atoms with Crippen molar-refractivity contribution in [2.75, 3.05) is 5.73 Å². The van der Waals surface area contributed by atoms with Gasteiger partial charge in [-0.1, -0.05) is 11.4 Å². The Labute approximate surface area is 85.7 Å². The number of rotatable bonds is 4. The highest BCUT2D eigenvalue weighted by Gasteiger charge is 2.11. The summed E-state index contributed by atoms with van der Waals surface area (Å²) in [6.07, 6.45) is -0.308. The average Bonchev–Trinajstić information content (AvgIpc) is 2.47. The predicted molar refractivity (Wildman–Crippen MR) is 56.8 cm³/mol. The number of aliphatic hydroxyl groups excluding tert-OH is 1. The standard InChI is InChI=1S/C7H13N3OS2/c1-4(11)5(2)12-3-6-7(8)13-10-9-6/h4-5,11H,3,8H2,1-2H3. The molecule has 0 saturated carbocycles. The van der Waals surface area contributed by atoms with Gasteiger partial charge in [0.15, 0.2) is 0 Å². The van der Waals surface area contributed by atoms with Crippen molar-refractivity contribution in [3.63, 3.8) is 0 Å². The van der Waals surface area contributed by atoms with Crippen LogP contribution < -0.4 is 5.73 Å². The second-order valence-electron chi connectivity index (χ2n) is 2.84. The molecule has 0 aliphatic carbocycles. The van der Waals surface area contributed by atoms with Crippen LogP contribution >= 0.6 is 23.3 Å². The summed E-state index contributed by atoms with van der Waals surface area (Å²) in [5.74, 6) is 0.717. The number of thioether (sulfide) groups is 1. The SMILES string of the molecule is CC(O)C(C)SCc1nnsc1N. The Bertz CT molecular complexity index is 264. The van der Waals surface area contributed by atoms with E-state index >= 15 is 0 Å². The van der Waals surface area contributed by atoms with Gasteiger partial charge in [0.05, 0.1) is 6.10 Å². The molecule has 0 aliphatic heterocycles. The predicted octanol–water partition coefficient (Wildman–Crippen LogP) is 1.12. The van der Waals surface area contributed by atoms with Gasteiger partial charge in [-0.05, 0) is 6.92 Å². The molecule has 1 aromatic rings. The maximum Gasteiger partial charge on any atom is 0.131 e. The van der Waals surface area contributed by atoms with Gasteiger partial charge < -0.3 is 10.8 Å². The molecular formula is C7H13N3OS2. The van der Waals surface area contributed by atoms with Gasteiger partial charge >= 0.3 is 0 Å².